The van der Waals surface area contributed by atoms with Crippen molar-refractivity contribution in [3.63, 3.8) is 0 Å². The number of nitrogens with one attached hydrogen (secondary N) is 1. The molecule has 0 bridgehead atoms. The summed E-state index contributed by atoms with van der Waals surface area (Å²) in [6.07, 6.45) is 7.15. The summed E-state index contributed by atoms with van der Waals surface area (Å²) in [6.45, 7) is 0.347. The second kappa shape index (κ2) is 8.12. The summed E-state index contributed by atoms with van der Waals surface area (Å²) in [5.41, 5.74) is 2.21. The number of imide groups is 1. The van der Waals surface area contributed by atoms with Crippen LogP contribution in [0.3, 0.4) is 0 Å². The lowest BCUT2D eigenvalue weighted by Gasteiger charge is -2.24. The lowest BCUT2D eigenvalue weighted by atomic mass is 10.0. The maximum absolute atomic E-state index is 12.1. The van der Waals surface area contributed by atoms with Crippen LogP contribution in [0.25, 0.3) is 10.9 Å². The molecule has 1 aliphatic heterocycles. The van der Waals surface area contributed by atoms with Gasteiger partial charge < -0.3 is 4.79 Å². The van der Waals surface area contributed by atoms with Gasteiger partial charge in [-0.05, 0) is 37.0 Å². The zero-order valence-corrected chi connectivity index (χ0v) is 15.0. The third kappa shape index (κ3) is 3.92. The van der Waals surface area contributed by atoms with E-state index in [1.807, 2.05) is 13.1 Å². The van der Waals surface area contributed by atoms with E-state index in [0.717, 1.165) is 49.3 Å². The molecule has 1 aromatic carbocycles. The van der Waals surface area contributed by atoms with Crippen LogP contribution in [-0.4, -0.2) is 34.5 Å². The number of hydrogen-bond acceptors (Lipinski definition) is 4. The van der Waals surface area contributed by atoms with Crippen LogP contribution < -0.4 is 10.2 Å². The molecule has 1 N–H and O–H groups in total. The third-order valence-corrected chi connectivity index (χ3v) is 4.74. The number of nitrogens with zero attached hydrogens (tertiary/aromatic N) is 3. The Morgan fingerprint density at radius 2 is 2.00 bits per heavy atom. The first-order valence-electron chi connectivity index (χ1n) is 9.11. The van der Waals surface area contributed by atoms with Gasteiger partial charge in [0.25, 0.3) is 0 Å². The van der Waals surface area contributed by atoms with Crippen LogP contribution in [0.4, 0.5) is 10.6 Å². The fourth-order valence-electron chi connectivity index (χ4n) is 3.32. The highest BCUT2D eigenvalue weighted by Gasteiger charge is 2.27. The summed E-state index contributed by atoms with van der Waals surface area (Å²) < 4.78 is 1.78. The highest BCUT2D eigenvalue weighted by atomic mass is 16.2. The third-order valence-electron chi connectivity index (χ3n) is 4.74. The first kappa shape index (κ1) is 18.1. The van der Waals surface area contributed by atoms with Crippen molar-refractivity contribution in [1.29, 1.82) is 0 Å². The molecular formula is C19H24N4O3. The molecule has 0 atom stereocenters. The summed E-state index contributed by atoms with van der Waals surface area (Å²) in [5.74, 6) is 0.342. The predicted octanol–water partition coefficient (Wildman–Crippen LogP) is 2.71. The molecule has 1 saturated heterocycles. The van der Waals surface area contributed by atoms with Crippen molar-refractivity contribution < 1.29 is 14.4 Å². The van der Waals surface area contributed by atoms with Gasteiger partial charge in [0, 0.05) is 31.8 Å². The Morgan fingerprint density at radius 1 is 1.19 bits per heavy atom. The van der Waals surface area contributed by atoms with Gasteiger partial charge in [-0.3, -0.25) is 19.7 Å². The summed E-state index contributed by atoms with van der Waals surface area (Å²) in [7, 11) is 1.86. The van der Waals surface area contributed by atoms with E-state index in [0.29, 0.717) is 18.8 Å². The number of aldehydes is 1. The minimum Gasteiger partial charge on any atom is -0.303 e. The maximum Gasteiger partial charge on any atom is 0.329 e. The molecule has 26 heavy (non-hydrogen) atoms. The maximum atomic E-state index is 12.1. The van der Waals surface area contributed by atoms with Crippen molar-refractivity contribution >= 4 is 34.9 Å². The molecule has 0 unspecified atom stereocenters. The number of carbonyl (C=O) groups is 3. The predicted molar refractivity (Wildman–Crippen MR) is 99.1 cm³/mol. The molecule has 7 nitrogen and oxygen atoms in total. The number of carbonyl (C=O) groups excluding carboxylic acids is 3. The Labute approximate surface area is 152 Å². The van der Waals surface area contributed by atoms with Gasteiger partial charge in [-0.25, -0.2) is 4.79 Å². The number of hydrogen-bond donors (Lipinski definition) is 1. The fourth-order valence-corrected chi connectivity index (χ4v) is 3.32. The number of anilines is 1. The van der Waals surface area contributed by atoms with Crippen LogP contribution in [0.1, 0.15) is 44.1 Å². The molecule has 0 spiro atoms. The van der Waals surface area contributed by atoms with E-state index in [1.165, 1.54) is 10.5 Å². The van der Waals surface area contributed by atoms with Gasteiger partial charge in [0.15, 0.2) is 5.82 Å². The van der Waals surface area contributed by atoms with E-state index >= 15 is 0 Å². The van der Waals surface area contributed by atoms with Gasteiger partial charge >= 0.3 is 6.03 Å². The first-order chi connectivity index (χ1) is 12.6. The zero-order valence-electron chi connectivity index (χ0n) is 15.0. The fraction of sp³-hybridized carbons (Fsp3) is 0.474. The molecule has 0 radical (unpaired) electrons. The second-order valence-electron chi connectivity index (χ2n) is 6.67. The number of fused-ring (bicyclic) bond motifs is 1. The van der Waals surface area contributed by atoms with Crippen molar-refractivity contribution in [3.8, 4) is 0 Å². The van der Waals surface area contributed by atoms with Gasteiger partial charge in [-0.15, -0.1) is 0 Å². The lowest BCUT2D eigenvalue weighted by molar-refractivity contribution is -0.120. The smallest absolute Gasteiger partial charge is 0.303 e. The molecule has 1 aliphatic rings. The minimum atomic E-state index is -0.416. The van der Waals surface area contributed by atoms with E-state index in [1.54, 1.807) is 4.68 Å². The highest BCUT2D eigenvalue weighted by Crippen LogP contribution is 2.28. The molecule has 2 heterocycles. The normalized spacial score (nSPS) is 14.7. The number of aryl methyl sites for hydroxylation is 2. The second-order valence-corrected chi connectivity index (χ2v) is 6.67. The standard InChI is InChI=1S/C19H24N4O3/c1-22-16-13-14(7-5-3-2-4-6-12-24)8-9-15(16)18(21-22)23-11-10-17(25)20-19(23)26/h8-9,12-13H,2-7,10-11H2,1H3,(H,20,25,26). The number of amides is 3. The Kier molecular flexibility index (Phi) is 5.65. The summed E-state index contributed by atoms with van der Waals surface area (Å²) >= 11 is 0. The molecule has 3 amide bonds. The molecule has 2 aromatic rings. The van der Waals surface area contributed by atoms with Crippen molar-refractivity contribution in [2.24, 2.45) is 7.05 Å². The van der Waals surface area contributed by atoms with Crippen LogP contribution in [0.2, 0.25) is 0 Å². The van der Waals surface area contributed by atoms with Gasteiger partial charge in [-0.2, -0.15) is 5.10 Å². The summed E-state index contributed by atoms with van der Waals surface area (Å²) in [6, 6.07) is 5.78. The van der Waals surface area contributed by atoms with Gasteiger partial charge in [0.2, 0.25) is 5.91 Å². The van der Waals surface area contributed by atoms with E-state index in [4.69, 9.17) is 0 Å². The van der Waals surface area contributed by atoms with Gasteiger partial charge in [0.05, 0.1) is 5.52 Å². The number of unbranched alkanes of at least 4 members (excludes halogenated alkanes) is 4. The van der Waals surface area contributed by atoms with Crippen molar-refractivity contribution in [2.75, 3.05) is 11.4 Å². The molecule has 0 aliphatic carbocycles. The number of aromatic nitrogens is 2. The summed E-state index contributed by atoms with van der Waals surface area (Å²) in [5, 5.41) is 7.75. The van der Waals surface area contributed by atoms with Gasteiger partial charge in [0.1, 0.15) is 6.29 Å². The van der Waals surface area contributed by atoms with Crippen LogP contribution in [0.15, 0.2) is 18.2 Å². The number of urea groups is 1. The minimum absolute atomic E-state index is 0.248. The van der Waals surface area contributed by atoms with Crippen LogP contribution in [0, 0.1) is 0 Å². The molecular weight excluding hydrogens is 332 g/mol. The molecule has 0 saturated carbocycles. The largest absolute Gasteiger partial charge is 0.329 e. The zero-order chi connectivity index (χ0) is 18.5. The molecule has 3 rings (SSSR count). The van der Waals surface area contributed by atoms with Gasteiger partial charge in [-0.1, -0.05) is 18.9 Å². The van der Waals surface area contributed by atoms with Crippen LogP contribution >= 0.6 is 0 Å². The van der Waals surface area contributed by atoms with Crippen LogP contribution in [-0.2, 0) is 23.1 Å². The molecule has 1 fully saturated rings. The van der Waals surface area contributed by atoms with E-state index in [-0.39, 0.29) is 12.3 Å². The Bertz CT molecular complexity index is 828. The molecule has 138 valence electrons. The quantitative estimate of drug-likeness (QED) is 0.582. The number of benzene rings is 1. The monoisotopic (exact) mass is 356 g/mol. The van der Waals surface area contributed by atoms with Crippen molar-refractivity contribution in [1.82, 2.24) is 15.1 Å². The van der Waals surface area contributed by atoms with Crippen molar-refractivity contribution in [3.05, 3.63) is 23.8 Å². The van der Waals surface area contributed by atoms with E-state index < -0.39 is 6.03 Å². The highest BCUT2D eigenvalue weighted by molar-refractivity contribution is 6.08. The molecule has 7 heteroatoms. The first-order valence-corrected chi connectivity index (χ1v) is 9.11. The topological polar surface area (TPSA) is 84.3 Å². The SMILES string of the molecule is Cn1nc(N2CCC(=O)NC2=O)c2ccc(CCCCCCC=O)cc21. The van der Waals surface area contributed by atoms with E-state index in [2.05, 4.69) is 22.5 Å². The Morgan fingerprint density at radius 3 is 2.77 bits per heavy atom. The average molecular weight is 356 g/mol. The summed E-state index contributed by atoms with van der Waals surface area (Å²) in [4.78, 5) is 35.3. The lowest BCUT2D eigenvalue weighted by Crippen LogP contribution is -2.49. The molecule has 1 aromatic heterocycles. The van der Waals surface area contributed by atoms with Crippen LogP contribution in [0.5, 0.6) is 0 Å². The van der Waals surface area contributed by atoms with E-state index in [9.17, 15) is 14.4 Å². The van der Waals surface area contributed by atoms with Crippen molar-refractivity contribution in [2.45, 2.75) is 44.9 Å². The Hall–Kier alpha value is -2.70. The average Bonchev–Trinajstić information content (AvgIpc) is 2.94. The number of rotatable bonds is 8. The Balaban J connectivity index is 1.71.